The quantitative estimate of drug-likeness (QED) is 0.475. The van der Waals surface area contributed by atoms with Gasteiger partial charge < -0.3 is 0 Å². The third-order valence-corrected chi connectivity index (χ3v) is 4.46. The molecule has 0 saturated carbocycles. The first-order chi connectivity index (χ1) is 10.1. The molecular formula is C17H15ClN2S. The third-order valence-electron chi connectivity index (χ3n) is 3.44. The van der Waals surface area contributed by atoms with Gasteiger partial charge in [0.15, 0.2) is 5.82 Å². The zero-order valence-electron chi connectivity index (χ0n) is 12.1. The molecule has 106 valence electrons. The van der Waals surface area contributed by atoms with Crippen molar-refractivity contribution in [2.75, 3.05) is 6.26 Å². The van der Waals surface area contributed by atoms with Crippen molar-refractivity contribution in [3.05, 3.63) is 52.7 Å². The summed E-state index contributed by atoms with van der Waals surface area (Å²) in [6.45, 7) is 4.10. The molecule has 21 heavy (non-hydrogen) atoms. The van der Waals surface area contributed by atoms with E-state index in [-0.39, 0.29) is 0 Å². The van der Waals surface area contributed by atoms with E-state index >= 15 is 0 Å². The molecule has 3 aromatic rings. The summed E-state index contributed by atoms with van der Waals surface area (Å²) in [5.41, 5.74) is 4.17. The largest absolute Gasteiger partial charge is 0.228 e. The number of hydrogen-bond donors (Lipinski definition) is 0. The fourth-order valence-electron chi connectivity index (χ4n) is 2.46. The van der Waals surface area contributed by atoms with E-state index in [1.165, 1.54) is 10.5 Å². The second-order valence-electron chi connectivity index (χ2n) is 5.04. The number of aryl methyl sites for hydroxylation is 2. The first-order valence-corrected chi connectivity index (χ1v) is 8.27. The average Bonchev–Trinajstić information content (AvgIpc) is 2.46. The van der Waals surface area contributed by atoms with E-state index in [1.807, 2.05) is 19.1 Å². The van der Waals surface area contributed by atoms with Crippen LogP contribution in [0.5, 0.6) is 0 Å². The van der Waals surface area contributed by atoms with Crippen LogP contribution in [0.25, 0.3) is 22.3 Å². The summed E-state index contributed by atoms with van der Waals surface area (Å²) in [6, 6.07) is 12.4. The predicted octanol–water partition coefficient (Wildman–Crippen LogP) is 5.29. The highest BCUT2D eigenvalue weighted by atomic mass is 35.5. The molecule has 0 fully saturated rings. The van der Waals surface area contributed by atoms with Crippen LogP contribution in [0.1, 0.15) is 11.1 Å². The Balaban J connectivity index is 2.19. The van der Waals surface area contributed by atoms with E-state index in [0.29, 0.717) is 11.0 Å². The molecule has 0 aliphatic heterocycles. The van der Waals surface area contributed by atoms with E-state index in [2.05, 4.69) is 47.4 Å². The Kier molecular flexibility index (Phi) is 3.87. The van der Waals surface area contributed by atoms with Crippen LogP contribution < -0.4 is 0 Å². The molecule has 2 nitrogen and oxygen atoms in total. The molecule has 2 aromatic carbocycles. The second-order valence-corrected chi connectivity index (χ2v) is 6.28. The maximum Gasteiger partial charge on any atom is 0.161 e. The highest BCUT2D eigenvalue weighted by Gasteiger charge is 2.10. The highest BCUT2D eigenvalue weighted by molar-refractivity contribution is 7.98. The molecule has 3 rings (SSSR count). The van der Waals surface area contributed by atoms with E-state index < -0.39 is 0 Å². The van der Waals surface area contributed by atoms with Gasteiger partial charge in [-0.1, -0.05) is 29.8 Å². The van der Waals surface area contributed by atoms with Gasteiger partial charge in [0.05, 0.1) is 5.52 Å². The lowest BCUT2D eigenvalue weighted by molar-refractivity contribution is 1.21. The summed E-state index contributed by atoms with van der Waals surface area (Å²) in [7, 11) is 0. The zero-order valence-corrected chi connectivity index (χ0v) is 13.7. The van der Waals surface area contributed by atoms with Gasteiger partial charge in [0.25, 0.3) is 0 Å². The van der Waals surface area contributed by atoms with Crippen LogP contribution in [0.15, 0.2) is 41.3 Å². The summed E-state index contributed by atoms with van der Waals surface area (Å²) < 4.78 is 0. The summed E-state index contributed by atoms with van der Waals surface area (Å²) in [6.07, 6.45) is 2.06. The van der Waals surface area contributed by atoms with Gasteiger partial charge in [0, 0.05) is 15.8 Å². The molecule has 4 heteroatoms. The summed E-state index contributed by atoms with van der Waals surface area (Å²) in [4.78, 5) is 10.4. The molecule has 0 amide bonds. The van der Waals surface area contributed by atoms with Gasteiger partial charge in [0.1, 0.15) is 5.15 Å². The van der Waals surface area contributed by atoms with Crippen LogP contribution in [0.2, 0.25) is 5.15 Å². The van der Waals surface area contributed by atoms with Gasteiger partial charge in [-0.25, -0.2) is 9.97 Å². The Hall–Kier alpha value is -1.58. The number of rotatable bonds is 2. The normalized spacial score (nSPS) is 11.0. The lowest BCUT2D eigenvalue weighted by Crippen LogP contribution is -1.94. The lowest BCUT2D eigenvalue weighted by Gasteiger charge is -2.08. The van der Waals surface area contributed by atoms with Crippen molar-refractivity contribution in [2.45, 2.75) is 18.7 Å². The number of halogens is 1. The molecule has 0 aliphatic rings. The summed E-state index contributed by atoms with van der Waals surface area (Å²) in [5, 5.41) is 1.45. The van der Waals surface area contributed by atoms with Crippen molar-refractivity contribution >= 4 is 34.3 Å². The highest BCUT2D eigenvalue weighted by Crippen LogP contribution is 2.29. The van der Waals surface area contributed by atoms with E-state index in [0.717, 1.165) is 22.0 Å². The van der Waals surface area contributed by atoms with Crippen LogP contribution in [-0.2, 0) is 0 Å². The first kappa shape index (κ1) is 14.4. The Bertz CT molecular complexity index is 813. The van der Waals surface area contributed by atoms with Gasteiger partial charge in [-0.05, 0) is 49.4 Å². The van der Waals surface area contributed by atoms with Gasteiger partial charge >= 0.3 is 0 Å². The number of thioether (sulfide) groups is 1. The number of aromatic nitrogens is 2. The molecule has 0 saturated heterocycles. The molecule has 0 spiro atoms. The molecular weight excluding hydrogens is 300 g/mol. The molecule has 0 aliphatic carbocycles. The minimum atomic E-state index is 0.515. The van der Waals surface area contributed by atoms with E-state index in [9.17, 15) is 0 Å². The van der Waals surface area contributed by atoms with Crippen molar-refractivity contribution in [3.8, 4) is 11.4 Å². The second kappa shape index (κ2) is 5.66. The molecule has 0 N–H and O–H groups in total. The first-order valence-electron chi connectivity index (χ1n) is 6.67. The minimum absolute atomic E-state index is 0.515. The summed E-state index contributed by atoms with van der Waals surface area (Å²) >= 11 is 8.09. The third kappa shape index (κ3) is 2.76. The van der Waals surface area contributed by atoms with Crippen LogP contribution >= 0.6 is 23.4 Å². The van der Waals surface area contributed by atoms with Crippen molar-refractivity contribution in [1.29, 1.82) is 0 Å². The number of benzene rings is 2. The van der Waals surface area contributed by atoms with Crippen LogP contribution in [-0.4, -0.2) is 16.2 Å². The average molecular weight is 315 g/mol. The fourth-order valence-corrected chi connectivity index (χ4v) is 3.19. The standard InChI is InChI=1S/C17H15ClN2S/c1-10-8-11(2)15-14(9-10)19-17(20-16(15)18)12-4-6-13(21-3)7-5-12/h4-9H,1-3H3. The van der Waals surface area contributed by atoms with Crippen LogP contribution in [0.4, 0.5) is 0 Å². The maximum absolute atomic E-state index is 6.37. The predicted molar refractivity (Wildman–Crippen MR) is 91.2 cm³/mol. The molecule has 0 radical (unpaired) electrons. The van der Waals surface area contributed by atoms with Crippen LogP contribution in [0, 0.1) is 13.8 Å². The molecule has 0 atom stereocenters. The van der Waals surface area contributed by atoms with Crippen LogP contribution in [0.3, 0.4) is 0 Å². The van der Waals surface area contributed by atoms with Gasteiger partial charge in [-0.2, -0.15) is 0 Å². The van der Waals surface area contributed by atoms with Crippen molar-refractivity contribution in [2.24, 2.45) is 0 Å². The van der Waals surface area contributed by atoms with Gasteiger partial charge in [-0.3, -0.25) is 0 Å². The smallest absolute Gasteiger partial charge is 0.161 e. The SMILES string of the molecule is CSc1ccc(-c2nc(Cl)c3c(C)cc(C)cc3n2)cc1. The Morgan fingerprint density at radius 2 is 1.71 bits per heavy atom. The lowest BCUT2D eigenvalue weighted by atomic mass is 10.1. The van der Waals surface area contributed by atoms with Crippen molar-refractivity contribution in [3.63, 3.8) is 0 Å². The fraction of sp³-hybridized carbons (Fsp3) is 0.176. The van der Waals surface area contributed by atoms with Gasteiger partial charge in [0.2, 0.25) is 0 Å². The molecule has 0 unspecified atom stereocenters. The zero-order chi connectivity index (χ0) is 15.0. The summed E-state index contributed by atoms with van der Waals surface area (Å²) in [5.74, 6) is 0.671. The minimum Gasteiger partial charge on any atom is -0.228 e. The number of fused-ring (bicyclic) bond motifs is 1. The topological polar surface area (TPSA) is 25.8 Å². The Morgan fingerprint density at radius 1 is 1.00 bits per heavy atom. The van der Waals surface area contributed by atoms with E-state index in [4.69, 9.17) is 11.6 Å². The number of hydrogen-bond acceptors (Lipinski definition) is 3. The number of nitrogens with zero attached hydrogens (tertiary/aromatic N) is 2. The van der Waals surface area contributed by atoms with Crippen molar-refractivity contribution < 1.29 is 0 Å². The Morgan fingerprint density at radius 3 is 2.38 bits per heavy atom. The van der Waals surface area contributed by atoms with Crippen molar-refractivity contribution in [1.82, 2.24) is 9.97 Å². The molecule has 1 aromatic heterocycles. The maximum atomic E-state index is 6.37. The monoisotopic (exact) mass is 314 g/mol. The van der Waals surface area contributed by atoms with E-state index in [1.54, 1.807) is 11.8 Å². The van der Waals surface area contributed by atoms with Gasteiger partial charge in [-0.15, -0.1) is 11.8 Å². The molecule has 1 heterocycles. The Labute approximate surface area is 133 Å². The molecule has 0 bridgehead atoms.